The molecule has 1 amide bonds. The van der Waals surface area contributed by atoms with Gasteiger partial charge in [0.15, 0.2) is 0 Å². The van der Waals surface area contributed by atoms with Crippen LogP contribution in [0.3, 0.4) is 0 Å². The summed E-state index contributed by atoms with van der Waals surface area (Å²) in [5, 5.41) is 9.71. The maximum absolute atomic E-state index is 13.7. The molecule has 0 saturated carbocycles. The van der Waals surface area contributed by atoms with Crippen LogP contribution in [0.1, 0.15) is 24.2 Å². The number of pyridine rings is 1. The summed E-state index contributed by atoms with van der Waals surface area (Å²) in [6, 6.07) is 7.07. The van der Waals surface area contributed by atoms with Crippen molar-refractivity contribution in [3.05, 3.63) is 47.9 Å². The zero-order valence-electron chi connectivity index (χ0n) is 18.5. The second kappa shape index (κ2) is 9.51. The predicted molar refractivity (Wildman–Crippen MR) is 118 cm³/mol. The van der Waals surface area contributed by atoms with E-state index in [2.05, 4.69) is 4.98 Å². The highest BCUT2D eigenvalue weighted by Crippen LogP contribution is 2.30. The number of hydrogen-bond donors (Lipinski definition) is 1. The summed E-state index contributed by atoms with van der Waals surface area (Å²) in [7, 11) is -1.98. The summed E-state index contributed by atoms with van der Waals surface area (Å²) in [4.78, 5) is 19.3. The molecule has 32 heavy (non-hydrogen) atoms. The summed E-state index contributed by atoms with van der Waals surface area (Å²) in [6.07, 6.45) is 2.02. The Morgan fingerprint density at radius 1 is 1.34 bits per heavy atom. The van der Waals surface area contributed by atoms with Crippen molar-refractivity contribution in [2.75, 3.05) is 33.0 Å². The fourth-order valence-electron chi connectivity index (χ4n) is 3.53. The SMILES string of the molecule is C[C@H]1CN([C@@H](C)CO)C(=O)c2cc(-c3cccc(F)c3)cnc2O[C@@H]1CN(C)S(C)(=O)=O. The molecule has 3 atom stereocenters. The summed E-state index contributed by atoms with van der Waals surface area (Å²) in [6.45, 7) is 3.68. The van der Waals surface area contributed by atoms with Gasteiger partial charge in [-0.1, -0.05) is 19.1 Å². The van der Waals surface area contributed by atoms with Gasteiger partial charge < -0.3 is 14.7 Å². The first-order valence-electron chi connectivity index (χ1n) is 10.3. The average Bonchev–Trinajstić information content (AvgIpc) is 2.74. The fraction of sp³-hybridized carbons (Fsp3) is 0.455. The van der Waals surface area contributed by atoms with Crippen molar-refractivity contribution < 1.29 is 27.4 Å². The molecule has 0 saturated heterocycles. The van der Waals surface area contributed by atoms with Crippen molar-refractivity contribution in [3.8, 4) is 17.0 Å². The third kappa shape index (κ3) is 5.25. The number of aromatic nitrogens is 1. The number of aliphatic hydroxyl groups excluding tert-OH is 1. The second-order valence-electron chi connectivity index (χ2n) is 8.25. The van der Waals surface area contributed by atoms with Crippen LogP contribution in [0.5, 0.6) is 5.88 Å². The number of carbonyl (C=O) groups is 1. The summed E-state index contributed by atoms with van der Waals surface area (Å²) in [5.41, 5.74) is 1.26. The Balaban J connectivity index is 2.07. The Labute approximate surface area is 187 Å². The van der Waals surface area contributed by atoms with Crippen LogP contribution in [0.25, 0.3) is 11.1 Å². The average molecular weight is 466 g/mol. The number of likely N-dealkylation sites (N-methyl/N-ethyl adjacent to an activating group) is 1. The molecule has 1 aromatic carbocycles. The number of amides is 1. The van der Waals surface area contributed by atoms with Crippen molar-refractivity contribution >= 4 is 15.9 Å². The number of rotatable bonds is 6. The van der Waals surface area contributed by atoms with Crippen LogP contribution in [-0.2, 0) is 10.0 Å². The minimum atomic E-state index is -3.44. The van der Waals surface area contributed by atoms with Crippen molar-refractivity contribution in [1.29, 1.82) is 0 Å². The Morgan fingerprint density at radius 2 is 2.06 bits per heavy atom. The number of ether oxygens (including phenoxy) is 1. The zero-order chi connectivity index (χ0) is 23.6. The number of benzene rings is 1. The molecule has 0 bridgehead atoms. The van der Waals surface area contributed by atoms with Crippen LogP contribution < -0.4 is 4.74 Å². The van der Waals surface area contributed by atoms with Gasteiger partial charge in [-0.2, -0.15) is 0 Å². The van der Waals surface area contributed by atoms with Crippen molar-refractivity contribution in [2.24, 2.45) is 5.92 Å². The molecule has 0 aliphatic carbocycles. The Kier molecular flexibility index (Phi) is 7.16. The van der Waals surface area contributed by atoms with Crippen LogP contribution in [0.15, 0.2) is 36.5 Å². The van der Waals surface area contributed by atoms with Crippen molar-refractivity contribution in [1.82, 2.24) is 14.2 Å². The van der Waals surface area contributed by atoms with Gasteiger partial charge >= 0.3 is 0 Å². The Morgan fingerprint density at radius 3 is 2.69 bits per heavy atom. The maximum Gasteiger partial charge on any atom is 0.259 e. The maximum atomic E-state index is 13.7. The minimum Gasteiger partial charge on any atom is -0.472 e. The van der Waals surface area contributed by atoms with Gasteiger partial charge in [0.1, 0.15) is 17.5 Å². The first-order chi connectivity index (χ1) is 15.0. The van der Waals surface area contributed by atoms with Gasteiger partial charge in [0.05, 0.1) is 25.4 Å². The first-order valence-corrected chi connectivity index (χ1v) is 12.1. The number of sulfonamides is 1. The smallest absolute Gasteiger partial charge is 0.259 e. The lowest BCUT2D eigenvalue weighted by Gasteiger charge is -2.37. The number of hydrogen-bond acceptors (Lipinski definition) is 6. The molecule has 0 unspecified atom stereocenters. The highest BCUT2D eigenvalue weighted by atomic mass is 32.2. The standard InChI is InChI=1S/C22H28FN3O5S/c1-14-11-26(15(2)13-27)22(28)19-9-17(16-6-5-7-18(23)8-16)10-24-21(19)31-20(14)12-25(3)32(4,29)30/h5-10,14-15,20,27H,11-13H2,1-4H3/t14-,15-,20+/m0/s1. The number of fused-ring (bicyclic) bond motifs is 1. The molecule has 2 aromatic rings. The van der Waals surface area contributed by atoms with E-state index in [9.17, 15) is 22.7 Å². The fourth-order valence-corrected chi connectivity index (χ4v) is 3.95. The van der Waals surface area contributed by atoms with E-state index >= 15 is 0 Å². The molecule has 0 radical (unpaired) electrons. The van der Waals surface area contributed by atoms with Gasteiger partial charge in [-0.15, -0.1) is 0 Å². The van der Waals surface area contributed by atoms with Crippen LogP contribution in [0, 0.1) is 11.7 Å². The third-order valence-corrected chi connectivity index (χ3v) is 6.96. The minimum absolute atomic E-state index is 0.0717. The Hall–Kier alpha value is -2.56. The molecule has 8 nitrogen and oxygen atoms in total. The molecule has 1 aliphatic rings. The molecule has 3 rings (SSSR count). The van der Waals surface area contributed by atoms with Crippen LogP contribution in [0.2, 0.25) is 0 Å². The first kappa shape index (κ1) is 24.1. The molecule has 2 heterocycles. The lowest BCUT2D eigenvalue weighted by atomic mass is 9.99. The van der Waals surface area contributed by atoms with Gasteiger partial charge in [-0.05, 0) is 30.7 Å². The molecule has 0 spiro atoms. The van der Waals surface area contributed by atoms with E-state index in [1.54, 1.807) is 25.1 Å². The summed E-state index contributed by atoms with van der Waals surface area (Å²) in [5.74, 6) is -0.946. The molecule has 174 valence electrons. The number of carbonyl (C=O) groups excluding carboxylic acids is 1. The van der Waals surface area contributed by atoms with Gasteiger partial charge in [0.2, 0.25) is 15.9 Å². The summed E-state index contributed by atoms with van der Waals surface area (Å²) >= 11 is 0. The van der Waals surface area contributed by atoms with E-state index in [0.717, 1.165) is 6.26 Å². The topological polar surface area (TPSA) is 100 Å². The highest BCUT2D eigenvalue weighted by molar-refractivity contribution is 7.88. The zero-order valence-corrected chi connectivity index (χ0v) is 19.3. The lowest BCUT2D eigenvalue weighted by molar-refractivity contribution is 0.0374. The van der Waals surface area contributed by atoms with Crippen LogP contribution in [0.4, 0.5) is 4.39 Å². The van der Waals surface area contributed by atoms with Gasteiger partial charge in [-0.3, -0.25) is 4.79 Å². The largest absolute Gasteiger partial charge is 0.472 e. The van der Waals surface area contributed by atoms with E-state index in [0.29, 0.717) is 11.1 Å². The van der Waals surface area contributed by atoms with Gasteiger partial charge in [0, 0.05) is 31.3 Å². The summed E-state index contributed by atoms with van der Waals surface area (Å²) < 4.78 is 44.8. The Bertz CT molecular complexity index is 1090. The van der Waals surface area contributed by atoms with Crippen molar-refractivity contribution in [2.45, 2.75) is 26.0 Å². The van der Waals surface area contributed by atoms with E-state index in [4.69, 9.17) is 4.74 Å². The van der Waals surface area contributed by atoms with E-state index < -0.39 is 28.0 Å². The normalized spacial score (nSPS) is 20.3. The molecule has 1 N–H and O–H groups in total. The molecular weight excluding hydrogens is 437 g/mol. The molecular formula is C22H28FN3O5S. The van der Waals surface area contributed by atoms with Gasteiger partial charge in [-0.25, -0.2) is 22.1 Å². The van der Waals surface area contributed by atoms with Crippen LogP contribution in [-0.4, -0.2) is 78.8 Å². The van der Waals surface area contributed by atoms with E-state index in [-0.39, 0.29) is 43.0 Å². The molecule has 1 aliphatic heterocycles. The highest BCUT2D eigenvalue weighted by Gasteiger charge is 2.35. The quantitative estimate of drug-likeness (QED) is 0.701. The molecule has 10 heteroatoms. The van der Waals surface area contributed by atoms with E-state index in [1.165, 1.54) is 34.6 Å². The van der Waals surface area contributed by atoms with E-state index in [1.807, 2.05) is 6.92 Å². The monoisotopic (exact) mass is 465 g/mol. The predicted octanol–water partition coefficient (Wildman–Crippen LogP) is 2.00. The number of halogens is 1. The number of aliphatic hydroxyl groups is 1. The van der Waals surface area contributed by atoms with Gasteiger partial charge in [0.25, 0.3) is 5.91 Å². The number of nitrogens with zero attached hydrogens (tertiary/aromatic N) is 3. The van der Waals surface area contributed by atoms with Crippen LogP contribution >= 0.6 is 0 Å². The second-order valence-corrected chi connectivity index (χ2v) is 10.3. The molecule has 0 fully saturated rings. The lowest BCUT2D eigenvalue weighted by Crippen LogP contribution is -2.50. The third-order valence-electron chi connectivity index (χ3n) is 5.68. The molecule has 1 aromatic heterocycles. The van der Waals surface area contributed by atoms with Crippen molar-refractivity contribution in [3.63, 3.8) is 0 Å².